The number of aromatic amines is 1. The van der Waals surface area contributed by atoms with Crippen molar-refractivity contribution in [2.75, 3.05) is 5.32 Å². The van der Waals surface area contributed by atoms with Gasteiger partial charge in [0.05, 0.1) is 16.4 Å². The molecule has 23 heavy (non-hydrogen) atoms. The Morgan fingerprint density at radius 3 is 2.65 bits per heavy atom. The topological polar surface area (TPSA) is 131 Å². The number of halogens is 2. The lowest BCUT2D eigenvalue weighted by molar-refractivity contribution is -0.384. The lowest BCUT2D eigenvalue weighted by Crippen LogP contribution is -2.12. The maximum atomic E-state index is 12.5. The number of anilines is 1. The predicted octanol–water partition coefficient (Wildman–Crippen LogP) is 1.63. The van der Waals surface area contributed by atoms with E-state index in [1.807, 2.05) is 0 Å². The van der Waals surface area contributed by atoms with Gasteiger partial charge >= 0.3 is 5.76 Å². The number of alkyl halides is 2. The SMILES string of the molecule is Cc1nc(CNc2ccc(S(=O)(=O)C(F)F)cc2[N+](=O)[O-])n[nH]1. The summed E-state index contributed by atoms with van der Waals surface area (Å²) in [6, 6.07) is 2.51. The van der Waals surface area contributed by atoms with Crippen LogP contribution in [0.25, 0.3) is 0 Å². The van der Waals surface area contributed by atoms with E-state index in [1.165, 1.54) is 0 Å². The van der Waals surface area contributed by atoms with Crippen LogP contribution in [0.2, 0.25) is 0 Å². The zero-order chi connectivity index (χ0) is 17.2. The number of hydrogen-bond donors (Lipinski definition) is 2. The molecule has 0 radical (unpaired) electrons. The van der Waals surface area contributed by atoms with E-state index in [2.05, 4.69) is 20.5 Å². The normalized spacial score (nSPS) is 11.7. The van der Waals surface area contributed by atoms with Gasteiger partial charge in [0.1, 0.15) is 11.5 Å². The number of H-pyrrole nitrogens is 1. The number of nitrogens with zero attached hydrogens (tertiary/aromatic N) is 3. The molecule has 0 saturated carbocycles. The first-order valence-corrected chi connectivity index (χ1v) is 7.68. The number of hydrogen-bond acceptors (Lipinski definition) is 7. The fourth-order valence-corrected chi connectivity index (χ4v) is 2.47. The van der Waals surface area contributed by atoms with Gasteiger partial charge in [0.25, 0.3) is 5.69 Å². The van der Waals surface area contributed by atoms with Crippen molar-refractivity contribution in [1.29, 1.82) is 0 Å². The van der Waals surface area contributed by atoms with Gasteiger partial charge in [0, 0.05) is 6.07 Å². The number of aryl methyl sites for hydroxylation is 1. The maximum absolute atomic E-state index is 12.5. The highest BCUT2D eigenvalue weighted by atomic mass is 32.2. The first-order chi connectivity index (χ1) is 10.7. The molecule has 2 rings (SSSR count). The van der Waals surface area contributed by atoms with Crippen LogP contribution < -0.4 is 5.32 Å². The van der Waals surface area contributed by atoms with Gasteiger partial charge in [-0.3, -0.25) is 15.2 Å². The Bertz CT molecular complexity index is 837. The third-order valence-electron chi connectivity index (χ3n) is 2.81. The molecule has 9 nitrogen and oxygen atoms in total. The third-order valence-corrected chi connectivity index (χ3v) is 4.19. The molecule has 0 saturated heterocycles. The van der Waals surface area contributed by atoms with Gasteiger partial charge in [-0.25, -0.2) is 13.4 Å². The molecule has 0 aliphatic rings. The Morgan fingerprint density at radius 1 is 1.43 bits per heavy atom. The first kappa shape index (κ1) is 16.7. The van der Waals surface area contributed by atoms with E-state index in [-0.39, 0.29) is 12.2 Å². The molecule has 0 unspecified atom stereocenters. The number of benzene rings is 1. The van der Waals surface area contributed by atoms with Gasteiger partial charge < -0.3 is 5.32 Å². The summed E-state index contributed by atoms with van der Waals surface area (Å²) in [5.41, 5.74) is -0.676. The summed E-state index contributed by atoms with van der Waals surface area (Å²) in [6.07, 6.45) is 0. The summed E-state index contributed by atoms with van der Waals surface area (Å²) < 4.78 is 47.8. The van der Waals surface area contributed by atoms with Gasteiger partial charge in [-0.05, 0) is 19.1 Å². The summed E-state index contributed by atoms with van der Waals surface area (Å²) in [7, 11) is -4.91. The molecule has 0 fully saturated rings. The van der Waals surface area contributed by atoms with E-state index in [1.54, 1.807) is 6.92 Å². The highest BCUT2D eigenvalue weighted by molar-refractivity contribution is 7.91. The molecular weight excluding hydrogens is 336 g/mol. The molecule has 124 valence electrons. The molecule has 1 heterocycles. The average molecular weight is 347 g/mol. The minimum absolute atomic E-state index is 0.0339. The Balaban J connectivity index is 2.32. The van der Waals surface area contributed by atoms with E-state index >= 15 is 0 Å². The summed E-state index contributed by atoms with van der Waals surface area (Å²) in [4.78, 5) is 13.3. The van der Waals surface area contributed by atoms with Crippen molar-refractivity contribution in [3.05, 3.63) is 40.0 Å². The molecule has 0 amide bonds. The molecule has 0 spiro atoms. The minimum Gasteiger partial charge on any atom is -0.372 e. The third kappa shape index (κ3) is 3.59. The minimum atomic E-state index is -4.91. The lowest BCUT2D eigenvalue weighted by Gasteiger charge is -2.08. The Morgan fingerprint density at radius 2 is 2.13 bits per heavy atom. The van der Waals surface area contributed by atoms with Crippen molar-refractivity contribution < 1.29 is 22.1 Å². The van der Waals surface area contributed by atoms with Crippen LogP contribution in [0.4, 0.5) is 20.2 Å². The predicted molar refractivity (Wildman–Crippen MR) is 74.7 cm³/mol. The highest BCUT2D eigenvalue weighted by Gasteiger charge is 2.29. The molecule has 1 aromatic heterocycles. The number of sulfone groups is 1. The van der Waals surface area contributed by atoms with E-state index < -0.39 is 31.1 Å². The van der Waals surface area contributed by atoms with Gasteiger partial charge in [-0.1, -0.05) is 0 Å². The van der Waals surface area contributed by atoms with Crippen LogP contribution in [-0.2, 0) is 16.4 Å². The van der Waals surface area contributed by atoms with Gasteiger partial charge in [0.2, 0.25) is 9.84 Å². The summed E-state index contributed by atoms with van der Waals surface area (Å²) >= 11 is 0. The average Bonchev–Trinajstić information content (AvgIpc) is 2.90. The van der Waals surface area contributed by atoms with Crippen LogP contribution in [0.15, 0.2) is 23.1 Å². The fraction of sp³-hybridized carbons (Fsp3) is 0.273. The smallest absolute Gasteiger partial charge is 0.341 e. The highest BCUT2D eigenvalue weighted by Crippen LogP contribution is 2.29. The number of nitro benzene ring substituents is 1. The maximum Gasteiger partial charge on any atom is 0.341 e. The Labute approximate surface area is 128 Å². The van der Waals surface area contributed by atoms with E-state index in [0.29, 0.717) is 17.7 Å². The summed E-state index contributed by atoms with van der Waals surface area (Å²) in [5, 5.41) is 20.1. The molecule has 2 aromatic rings. The number of aromatic nitrogens is 3. The van der Waals surface area contributed by atoms with E-state index in [0.717, 1.165) is 12.1 Å². The first-order valence-electron chi connectivity index (χ1n) is 6.14. The second-order valence-corrected chi connectivity index (χ2v) is 6.35. The van der Waals surface area contributed by atoms with Gasteiger partial charge in [0.15, 0.2) is 5.82 Å². The van der Waals surface area contributed by atoms with Crippen molar-refractivity contribution in [3.8, 4) is 0 Å². The van der Waals surface area contributed by atoms with Crippen molar-refractivity contribution in [2.24, 2.45) is 0 Å². The van der Waals surface area contributed by atoms with Crippen molar-refractivity contribution in [2.45, 2.75) is 24.1 Å². The van der Waals surface area contributed by atoms with Crippen LogP contribution >= 0.6 is 0 Å². The van der Waals surface area contributed by atoms with E-state index in [9.17, 15) is 27.3 Å². The number of rotatable bonds is 6. The largest absolute Gasteiger partial charge is 0.372 e. The molecule has 0 bridgehead atoms. The number of nitro groups is 1. The van der Waals surface area contributed by atoms with Crippen molar-refractivity contribution >= 4 is 21.2 Å². The molecule has 2 N–H and O–H groups in total. The molecule has 12 heteroatoms. The summed E-state index contributed by atoms with van der Waals surface area (Å²) in [6.45, 7) is 1.70. The number of nitrogens with one attached hydrogen (secondary N) is 2. The molecule has 1 aromatic carbocycles. The van der Waals surface area contributed by atoms with Crippen molar-refractivity contribution in [1.82, 2.24) is 15.2 Å². The molecule has 0 aliphatic heterocycles. The van der Waals surface area contributed by atoms with Crippen molar-refractivity contribution in [3.63, 3.8) is 0 Å². The zero-order valence-electron chi connectivity index (χ0n) is 11.7. The van der Waals surface area contributed by atoms with Gasteiger partial charge in [-0.15, -0.1) is 0 Å². The standard InChI is InChI=1S/C11H11F2N5O4S/c1-6-15-10(17-16-6)5-14-8-3-2-7(4-9(8)18(19)20)23(21,22)11(12)13/h2-4,11,14H,5H2,1H3,(H,15,16,17). The van der Waals surface area contributed by atoms with Crippen LogP contribution in [-0.4, -0.2) is 34.3 Å². The Hall–Kier alpha value is -2.63. The summed E-state index contributed by atoms with van der Waals surface area (Å²) in [5.74, 6) is -2.77. The molecule has 0 aliphatic carbocycles. The molecule has 0 atom stereocenters. The van der Waals surface area contributed by atoms with Gasteiger partial charge in [-0.2, -0.15) is 13.9 Å². The van der Waals surface area contributed by atoms with Crippen LogP contribution in [0, 0.1) is 17.0 Å². The second-order valence-electron chi connectivity index (χ2n) is 4.43. The van der Waals surface area contributed by atoms with Crippen LogP contribution in [0.1, 0.15) is 11.6 Å². The monoisotopic (exact) mass is 347 g/mol. The molecular formula is C11H11F2N5O4S. The van der Waals surface area contributed by atoms with Crippen LogP contribution in [0.3, 0.4) is 0 Å². The fourth-order valence-electron chi connectivity index (χ4n) is 1.73. The second kappa shape index (κ2) is 6.24. The lowest BCUT2D eigenvalue weighted by atomic mass is 10.2. The quantitative estimate of drug-likeness (QED) is 0.599. The Kier molecular flexibility index (Phi) is 4.54. The van der Waals surface area contributed by atoms with E-state index in [4.69, 9.17) is 0 Å². The zero-order valence-corrected chi connectivity index (χ0v) is 12.5. The van der Waals surface area contributed by atoms with Crippen LogP contribution in [0.5, 0.6) is 0 Å².